The molecule has 0 aromatic heterocycles. The van der Waals surface area contributed by atoms with Crippen molar-refractivity contribution >= 4 is 27.5 Å². The van der Waals surface area contributed by atoms with Crippen LogP contribution in [0.4, 0.5) is 0 Å². The molecule has 4 heteroatoms. The molecule has 1 heterocycles. The van der Waals surface area contributed by atoms with Crippen molar-refractivity contribution in [2.45, 2.75) is 12.0 Å². The van der Waals surface area contributed by atoms with E-state index in [9.17, 15) is 0 Å². The molecule has 0 amide bonds. The molecule has 3 N–H and O–H groups in total. The van der Waals surface area contributed by atoms with Gasteiger partial charge in [0.05, 0.1) is 0 Å². The van der Waals surface area contributed by atoms with Crippen molar-refractivity contribution in [3.8, 4) is 0 Å². The van der Waals surface area contributed by atoms with Crippen LogP contribution in [0.15, 0.2) is 22.7 Å². The monoisotopic (exact) mass is 274 g/mol. The fourth-order valence-corrected chi connectivity index (χ4v) is 2.66. The average Bonchev–Trinajstić information content (AvgIpc) is 2.52. The van der Waals surface area contributed by atoms with E-state index in [0.29, 0.717) is 5.92 Å². The van der Waals surface area contributed by atoms with Gasteiger partial charge in [-0.1, -0.05) is 33.6 Å². The highest BCUT2D eigenvalue weighted by atomic mass is 79.9. The van der Waals surface area contributed by atoms with E-state index in [0.717, 1.165) is 28.1 Å². The van der Waals surface area contributed by atoms with E-state index in [4.69, 9.17) is 17.3 Å². The summed E-state index contributed by atoms with van der Waals surface area (Å²) in [6, 6.07) is 6.15. The van der Waals surface area contributed by atoms with Gasteiger partial charge in [-0.15, -0.1) is 0 Å². The van der Waals surface area contributed by atoms with Gasteiger partial charge in [-0.25, -0.2) is 0 Å². The van der Waals surface area contributed by atoms with Crippen molar-refractivity contribution in [2.75, 3.05) is 13.1 Å². The minimum atomic E-state index is 0.175. The maximum atomic E-state index is 6.16. The van der Waals surface area contributed by atoms with Crippen LogP contribution in [0.3, 0.4) is 0 Å². The molecule has 76 valence electrons. The van der Waals surface area contributed by atoms with Gasteiger partial charge >= 0.3 is 0 Å². The van der Waals surface area contributed by atoms with Gasteiger partial charge in [-0.2, -0.15) is 0 Å². The standard InChI is InChI=1S/C10H12BrClN2/c11-6-1-2-7(9(12)3-6)8-4-14-5-10(8)13/h1-3,8,10,14H,4-5,13H2. The van der Waals surface area contributed by atoms with Crippen LogP contribution in [0.5, 0.6) is 0 Å². The molecule has 1 saturated heterocycles. The summed E-state index contributed by atoms with van der Waals surface area (Å²) in [5.41, 5.74) is 7.13. The van der Waals surface area contributed by atoms with Crippen LogP contribution in [0.1, 0.15) is 11.5 Å². The lowest BCUT2D eigenvalue weighted by Crippen LogP contribution is -2.27. The summed E-state index contributed by atoms with van der Waals surface area (Å²) in [4.78, 5) is 0. The lowest BCUT2D eigenvalue weighted by atomic mass is 9.95. The first kappa shape index (κ1) is 10.4. The summed E-state index contributed by atoms with van der Waals surface area (Å²) < 4.78 is 1.01. The minimum Gasteiger partial charge on any atom is -0.326 e. The second-order valence-electron chi connectivity index (χ2n) is 3.59. The molecule has 2 atom stereocenters. The number of halogens is 2. The molecule has 0 bridgehead atoms. The fraction of sp³-hybridized carbons (Fsp3) is 0.400. The Kier molecular flexibility index (Phi) is 3.12. The van der Waals surface area contributed by atoms with Crippen molar-refractivity contribution in [2.24, 2.45) is 5.73 Å². The Labute approximate surface area is 96.9 Å². The first-order valence-electron chi connectivity index (χ1n) is 4.59. The van der Waals surface area contributed by atoms with E-state index in [1.165, 1.54) is 0 Å². The second kappa shape index (κ2) is 4.19. The van der Waals surface area contributed by atoms with Crippen LogP contribution in [0.2, 0.25) is 5.02 Å². The van der Waals surface area contributed by atoms with E-state index in [1.54, 1.807) is 0 Å². The summed E-state index contributed by atoms with van der Waals surface area (Å²) in [5.74, 6) is 0.343. The van der Waals surface area contributed by atoms with Gasteiger partial charge in [-0.05, 0) is 17.7 Å². The maximum Gasteiger partial charge on any atom is 0.0453 e. The van der Waals surface area contributed by atoms with Gasteiger partial charge in [0.2, 0.25) is 0 Å². The van der Waals surface area contributed by atoms with Crippen LogP contribution in [0.25, 0.3) is 0 Å². The third kappa shape index (κ3) is 1.96. The minimum absolute atomic E-state index is 0.175. The zero-order valence-corrected chi connectivity index (χ0v) is 9.98. The highest BCUT2D eigenvalue weighted by Crippen LogP contribution is 2.30. The highest BCUT2D eigenvalue weighted by molar-refractivity contribution is 9.10. The summed E-state index contributed by atoms with van der Waals surface area (Å²) in [5, 5.41) is 4.06. The van der Waals surface area contributed by atoms with Crippen molar-refractivity contribution in [3.63, 3.8) is 0 Å². The van der Waals surface area contributed by atoms with Crippen molar-refractivity contribution < 1.29 is 0 Å². The van der Waals surface area contributed by atoms with Crippen LogP contribution in [0, 0.1) is 0 Å². The van der Waals surface area contributed by atoms with E-state index in [1.807, 2.05) is 18.2 Å². The van der Waals surface area contributed by atoms with Gasteiger partial charge in [0.1, 0.15) is 0 Å². The molecule has 1 aromatic rings. The molecule has 0 spiro atoms. The van der Waals surface area contributed by atoms with E-state index >= 15 is 0 Å². The summed E-state index contributed by atoms with van der Waals surface area (Å²) in [7, 11) is 0. The molecule has 2 rings (SSSR count). The number of rotatable bonds is 1. The van der Waals surface area contributed by atoms with Crippen LogP contribution < -0.4 is 11.1 Å². The quantitative estimate of drug-likeness (QED) is 0.824. The van der Waals surface area contributed by atoms with Crippen molar-refractivity contribution in [1.82, 2.24) is 5.32 Å². The van der Waals surface area contributed by atoms with Gasteiger partial charge in [-0.3, -0.25) is 0 Å². The molecule has 1 aromatic carbocycles. The molecule has 2 unspecified atom stereocenters. The van der Waals surface area contributed by atoms with Gasteiger partial charge in [0.25, 0.3) is 0 Å². The molecule has 0 saturated carbocycles. The molecular formula is C10H12BrClN2. The molecule has 1 aliphatic rings. The van der Waals surface area contributed by atoms with E-state index in [2.05, 4.69) is 21.2 Å². The Bertz CT molecular complexity index is 343. The fourth-order valence-electron chi connectivity index (χ4n) is 1.84. The van der Waals surface area contributed by atoms with Crippen LogP contribution >= 0.6 is 27.5 Å². The molecule has 1 fully saturated rings. The Hall–Kier alpha value is -0.0900. The SMILES string of the molecule is NC1CNCC1c1ccc(Br)cc1Cl. The van der Waals surface area contributed by atoms with E-state index in [-0.39, 0.29) is 6.04 Å². The summed E-state index contributed by atoms with van der Waals surface area (Å²) >= 11 is 9.55. The first-order chi connectivity index (χ1) is 6.68. The first-order valence-corrected chi connectivity index (χ1v) is 5.77. The third-order valence-corrected chi connectivity index (χ3v) is 3.44. The maximum absolute atomic E-state index is 6.16. The Morgan fingerprint density at radius 3 is 2.79 bits per heavy atom. The number of hydrogen-bond donors (Lipinski definition) is 2. The number of nitrogens with one attached hydrogen (secondary N) is 1. The van der Waals surface area contributed by atoms with E-state index < -0.39 is 0 Å². The number of hydrogen-bond acceptors (Lipinski definition) is 2. The lowest BCUT2D eigenvalue weighted by molar-refractivity contribution is 0.653. The summed E-state index contributed by atoms with van der Waals surface area (Å²) in [6.07, 6.45) is 0. The zero-order chi connectivity index (χ0) is 10.1. The van der Waals surface area contributed by atoms with Crippen molar-refractivity contribution in [3.05, 3.63) is 33.3 Å². The Balaban J connectivity index is 2.31. The topological polar surface area (TPSA) is 38.0 Å². The summed E-state index contributed by atoms with van der Waals surface area (Å²) in [6.45, 7) is 1.79. The lowest BCUT2D eigenvalue weighted by Gasteiger charge is -2.16. The van der Waals surface area contributed by atoms with Crippen LogP contribution in [-0.4, -0.2) is 19.1 Å². The highest BCUT2D eigenvalue weighted by Gasteiger charge is 2.26. The Morgan fingerprint density at radius 2 is 2.21 bits per heavy atom. The molecule has 2 nitrogen and oxygen atoms in total. The third-order valence-electron chi connectivity index (χ3n) is 2.62. The van der Waals surface area contributed by atoms with Crippen LogP contribution in [-0.2, 0) is 0 Å². The van der Waals surface area contributed by atoms with Crippen molar-refractivity contribution in [1.29, 1.82) is 0 Å². The number of benzene rings is 1. The molecule has 14 heavy (non-hydrogen) atoms. The predicted octanol–water partition coefficient (Wildman–Crippen LogP) is 2.12. The molecular weight excluding hydrogens is 263 g/mol. The molecule has 0 aliphatic carbocycles. The van der Waals surface area contributed by atoms with Gasteiger partial charge in [0.15, 0.2) is 0 Å². The average molecular weight is 276 g/mol. The normalized spacial score (nSPS) is 26.8. The smallest absolute Gasteiger partial charge is 0.0453 e. The zero-order valence-electron chi connectivity index (χ0n) is 7.63. The number of nitrogens with two attached hydrogens (primary N) is 1. The second-order valence-corrected chi connectivity index (χ2v) is 4.92. The largest absolute Gasteiger partial charge is 0.326 e. The van der Waals surface area contributed by atoms with Gasteiger partial charge in [0, 0.05) is 34.5 Å². The van der Waals surface area contributed by atoms with Gasteiger partial charge < -0.3 is 11.1 Å². The predicted molar refractivity (Wildman–Crippen MR) is 62.7 cm³/mol. The Morgan fingerprint density at radius 1 is 1.43 bits per heavy atom. The molecule has 1 aliphatic heterocycles. The molecule has 0 radical (unpaired) electrons.